The number of hydrogen-bond acceptors (Lipinski definition) is 6. The van der Waals surface area contributed by atoms with Crippen LogP contribution < -0.4 is 10.6 Å². The van der Waals surface area contributed by atoms with Crippen molar-refractivity contribution in [2.45, 2.75) is 25.2 Å². The number of nitrogens with zero attached hydrogens (tertiary/aromatic N) is 1. The van der Waals surface area contributed by atoms with Crippen LogP contribution in [0.2, 0.25) is 0 Å². The van der Waals surface area contributed by atoms with E-state index in [4.69, 9.17) is 9.47 Å². The van der Waals surface area contributed by atoms with Crippen LogP contribution in [0.4, 0.5) is 4.79 Å². The molecule has 33 heavy (non-hydrogen) atoms. The van der Waals surface area contributed by atoms with E-state index in [0.717, 1.165) is 18.5 Å². The molecule has 8 heteroatoms. The summed E-state index contributed by atoms with van der Waals surface area (Å²) in [4.78, 5) is 26.1. The first-order valence-corrected chi connectivity index (χ1v) is 11.0. The van der Waals surface area contributed by atoms with Crippen LogP contribution in [0.3, 0.4) is 0 Å². The lowest BCUT2D eigenvalue weighted by Crippen LogP contribution is -2.50. The highest BCUT2D eigenvalue weighted by atomic mass is 16.7. The Labute approximate surface area is 196 Å². The minimum Gasteiger partial charge on any atom is -0.453 e. The number of methoxy groups -OCH3 is 3. The van der Waals surface area contributed by atoms with E-state index in [-0.39, 0.29) is 24.8 Å². The molecule has 2 aromatic carbocycles. The molecule has 2 rings (SSSR count). The molecule has 0 aliphatic carbocycles. The van der Waals surface area contributed by atoms with Crippen molar-refractivity contribution in [2.24, 2.45) is 0 Å². The number of amides is 2. The molecule has 1 unspecified atom stereocenters. The zero-order chi connectivity index (χ0) is 23.9. The van der Waals surface area contributed by atoms with E-state index >= 15 is 0 Å². The standard InChI is InChI=1S/C25H35N3O5/c1-31-24(32-2)19-28(15-14-20-10-6-4-7-11-20)18-22(16-21-12-8-5-9-13-21)27-23(29)17-26-25(30)33-3/h4-13,22,24H,14-19H2,1-3H3,(H,26,30)(H,27,29). The van der Waals surface area contributed by atoms with Gasteiger partial charge in [-0.1, -0.05) is 60.7 Å². The predicted octanol–water partition coefficient (Wildman–Crippen LogP) is 2.23. The highest BCUT2D eigenvalue weighted by Gasteiger charge is 2.20. The molecule has 0 aliphatic heterocycles. The summed E-state index contributed by atoms with van der Waals surface area (Å²) in [5.74, 6) is -0.278. The van der Waals surface area contributed by atoms with E-state index < -0.39 is 6.09 Å². The van der Waals surface area contributed by atoms with Crippen LogP contribution >= 0.6 is 0 Å². The fraction of sp³-hybridized carbons (Fsp3) is 0.440. The normalized spacial score (nSPS) is 11.9. The van der Waals surface area contributed by atoms with Gasteiger partial charge in [0.05, 0.1) is 7.11 Å². The summed E-state index contributed by atoms with van der Waals surface area (Å²) in [7, 11) is 4.49. The van der Waals surface area contributed by atoms with Gasteiger partial charge in [-0.05, 0) is 24.0 Å². The molecule has 0 heterocycles. The molecule has 0 bridgehead atoms. The van der Waals surface area contributed by atoms with Gasteiger partial charge in [-0.15, -0.1) is 0 Å². The molecule has 0 radical (unpaired) electrons. The molecule has 8 nitrogen and oxygen atoms in total. The Hall–Kier alpha value is -2.94. The Morgan fingerprint density at radius 1 is 0.879 bits per heavy atom. The summed E-state index contributed by atoms with van der Waals surface area (Å²) < 4.78 is 15.4. The first-order valence-electron chi connectivity index (χ1n) is 11.0. The summed E-state index contributed by atoms with van der Waals surface area (Å²) in [5, 5.41) is 5.48. The quantitative estimate of drug-likeness (QED) is 0.423. The largest absolute Gasteiger partial charge is 0.453 e. The molecule has 180 valence electrons. The number of hydrogen-bond donors (Lipinski definition) is 2. The van der Waals surface area contributed by atoms with Gasteiger partial charge in [-0.3, -0.25) is 9.69 Å². The van der Waals surface area contributed by atoms with Crippen molar-refractivity contribution in [1.82, 2.24) is 15.5 Å². The Morgan fingerprint density at radius 3 is 2.06 bits per heavy atom. The maximum atomic E-state index is 12.5. The number of alkyl carbamates (subject to hydrolysis) is 1. The van der Waals surface area contributed by atoms with Crippen LogP contribution in [-0.4, -0.2) is 76.7 Å². The first kappa shape index (κ1) is 26.3. The molecule has 1 atom stereocenters. The fourth-order valence-corrected chi connectivity index (χ4v) is 3.52. The summed E-state index contributed by atoms with van der Waals surface area (Å²) >= 11 is 0. The number of carbonyl (C=O) groups is 2. The van der Waals surface area contributed by atoms with Gasteiger partial charge >= 0.3 is 6.09 Å². The summed E-state index contributed by atoms with van der Waals surface area (Å²) in [6.45, 7) is 1.77. The Morgan fingerprint density at radius 2 is 1.48 bits per heavy atom. The predicted molar refractivity (Wildman–Crippen MR) is 127 cm³/mol. The third-order valence-corrected chi connectivity index (χ3v) is 5.24. The fourth-order valence-electron chi connectivity index (χ4n) is 3.52. The highest BCUT2D eigenvalue weighted by molar-refractivity contribution is 5.82. The second-order valence-corrected chi connectivity index (χ2v) is 7.70. The van der Waals surface area contributed by atoms with Gasteiger partial charge in [0.2, 0.25) is 5.91 Å². The molecule has 0 saturated heterocycles. The van der Waals surface area contributed by atoms with Gasteiger partial charge in [-0.25, -0.2) is 4.79 Å². The van der Waals surface area contributed by atoms with Crippen molar-refractivity contribution >= 4 is 12.0 Å². The molecular weight excluding hydrogens is 422 g/mol. The van der Waals surface area contributed by atoms with Crippen LogP contribution in [0.5, 0.6) is 0 Å². The van der Waals surface area contributed by atoms with Gasteiger partial charge in [0.1, 0.15) is 6.54 Å². The van der Waals surface area contributed by atoms with E-state index in [1.165, 1.54) is 12.7 Å². The van der Waals surface area contributed by atoms with Crippen LogP contribution in [-0.2, 0) is 31.8 Å². The maximum absolute atomic E-state index is 12.5. The molecule has 2 amide bonds. The molecule has 0 aliphatic rings. The van der Waals surface area contributed by atoms with Crippen molar-refractivity contribution in [1.29, 1.82) is 0 Å². The number of ether oxygens (including phenoxy) is 3. The minimum atomic E-state index is -0.641. The minimum absolute atomic E-state index is 0.152. The van der Waals surface area contributed by atoms with E-state index in [2.05, 4.69) is 32.4 Å². The molecule has 0 saturated carbocycles. The van der Waals surface area contributed by atoms with Crippen molar-refractivity contribution in [3.05, 3.63) is 71.8 Å². The lowest BCUT2D eigenvalue weighted by Gasteiger charge is -2.30. The Bertz CT molecular complexity index is 815. The van der Waals surface area contributed by atoms with Crippen molar-refractivity contribution in [3.8, 4) is 0 Å². The maximum Gasteiger partial charge on any atom is 0.407 e. The Balaban J connectivity index is 2.10. The summed E-state index contributed by atoms with van der Waals surface area (Å²) in [6, 6.07) is 20.1. The SMILES string of the molecule is COC(=O)NCC(=O)NC(Cc1ccccc1)CN(CCc1ccccc1)CC(OC)OC. The van der Waals surface area contributed by atoms with Crippen LogP contribution in [0.1, 0.15) is 11.1 Å². The second kappa shape index (κ2) is 15.0. The topological polar surface area (TPSA) is 89.1 Å². The summed E-state index contributed by atoms with van der Waals surface area (Å²) in [6.07, 6.45) is 0.487. The molecular formula is C25H35N3O5. The van der Waals surface area contributed by atoms with E-state index in [9.17, 15) is 9.59 Å². The van der Waals surface area contributed by atoms with E-state index in [0.29, 0.717) is 19.5 Å². The van der Waals surface area contributed by atoms with E-state index in [1.807, 2.05) is 48.5 Å². The van der Waals surface area contributed by atoms with Crippen molar-refractivity contribution < 1.29 is 23.8 Å². The Kier molecular flexibility index (Phi) is 12.0. The van der Waals surface area contributed by atoms with Gasteiger partial charge in [0.25, 0.3) is 0 Å². The zero-order valence-corrected chi connectivity index (χ0v) is 19.7. The third kappa shape index (κ3) is 10.5. The van der Waals surface area contributed by atoms with Crippen LogP contribution in [0.15, 0.2) is 60.7 Å². The third-order valence-electron chi connectivity index (χ3n) is 5.24. The van der Waals surface area contributed by atoms with Gasteiger partial charge < -0.3 is 24.8 Å². The summed E-state index contributed by atoms with van der Waals surface area (Å²) in [5.41, 5.74) is 2.35. The number of carbonyl (C=O) groups excluding carboxylic acids is 2. The van der Waals surface area contributed by atoms with Crippen molar-refractivity contribution in [3.63, 3.8) is 0 Å². The second-order valence-electron chi connectivity index (χ2n) is 7.70. The molecule has 0 spiro atoms. The number of benzene rings is 2. The van der Waals surface area contributed by atoms with Crippen LogP contribution in [0.25, 0.3) is 0 Å². The average Bonchev–Trinajstić information content (AvgIpc) is 2.85. The van der Waals surface area contributed by atoms with Crippen molar-refractivity contribution in [2.75, 3.05) is 47.5 Å². The number of nitrogens with one attached hydrogen (secondary N) is 2. The lowest BCUT2D eigenvalue weighted by atomic mass is 10.0. The highest BCUT2D eigenvalue weighted by Crippen LogP contribution is 2.09. The molecule has 2 N–H and O–H groups in total. The van der Waals surface area contributed by atoms with Gasteiger partial charge in [0, 0.05) is 39.9 Å². The zero-order valence-electron chi connectivity index (χ0n) is 19.7. The average molecular weight is 458 g/mol. The van der Waals surface area contributed by atoms with Gasteiger partial charge in [-0.2, -0.15) is 0 Å². The first-order chi connectivity index (χ1) is 16.0. The monoisotopic (exact) mass is 457 g/mol. The van der Waals surface area contributed by atoms with E-state index in [1.54, 1.807) is 14.2 Å². The van der Waals surface area contributed by atoms with Crippen LogP contribution in [0, 0.1) is 0 Å². The molecule has 2 aromatic rings. The van der Waals surface area contributed by atoms with Gasteiger partial charge in [0.15, 0.2) is 6.29 Å². The molecule has 0 aromatic heterocycles. The lowest BCUT2D eigenvalue weighted by molar-refractivity contribution is -0.122. The number of rotatable bonds is 14. The smallest absolute Gasteiger partial charge is 0.407 e. The molecule has 0 fully saturated rings.